The van der Waals surface area contributed by atoms with Gasteiger partial charge >= 0.3 is 0 Å². The lowest BCUT2D eigenvalue weighted by Gasteiger charge is -2.21. The minimum Gasteiger partial charge on any atom is -0.393 e. The molecule has 4 heteroatoms. The summed E-state index contributed by atoms with van der Waals surface area (Å²) in [5.41, 5.74) is 6.31. The summed E-state index contributed by atoms with van der Waals surface area (Å²) < 4.78 is 0. The Morgan fingerprint density at radius 1 is 1.44 bits per heavy atom. The van der Waals surface area contributed by atoms with Gasteiger partial charge in [-0.25, -0.2) is 0 Å². The van der Waals surface area contributed by atoms with E-state index in [1.54, 1.807) is 11.9 Å². The molecule has 86 valence electrons. The van der Waals surface area contributed by atoms with Gasteiger partial charge in [-0.3, -0.25) is 4.79 Å². The van der Waals surface area contributed by atoms with Gasteiger partial charge in [0, 0.05) is 25.1 Å². The highest BCUT2D eigenvalue weighted by atomic mass is 32.1. The van der Waals surface area contributed by atoms with Crippen molar-refractivity contribution in [2.45, 2.75) is 13.3 Å². The Hall–Kier alpha value is -1.42. The van der Waals surface area contributed by atoms with Crippen molar-refractivity contribution in [2.75, 3.05) is 11.9 Å². The molecule has 0 saturated carbocycles. The third kappa shape index (κ3) is 3.31. The van der Waals surface area contributed by atoms with E-state index in [0.29, 0.717) is 11.4 Å². The molecule has 1 rings (SSSR count). The van der Waals surface area contributed by atoms with Gasteiger partial charge in [-0.05, 0) is 12.1 Å². The number of nitrogens with two attached hydrogens (primary N) is 1. The van der Waals surface area contributed by atoms with E-state index in [-0.39, 0.29) is 11.8 Å². The van der Waals surface area contributed by atoms with Crippen LogP contribution in [0.1, 0.15) is 13.3 Å². The van der Waals surface area contributed by atoms with Crippen molar-refractivity contribution in [3.05, 3.63) is 30.3 Å². The van der Waals surface area contributed by atoms with Gasteiger partial charge in [-0.2, -0.15) is 0 Å². The maximum Gasteiger partial charge on any atom is 0.229 e. The molecule has 0 bridgehead atoms. The molecule has 16 heavy (non-hydrogen) atoms. The molecule has 2 N–H and O–H groups in total. The van der Waals surface area contributed by atoms with Crippen molar-refractivity contribution < 1.29 is 4.79 Å². The average Bonchev–Trinajstić information content (AvgIpc) is 2.27. The third-order valence-electron chi connectivity index (χ3n) is 2.40. The summed E-state index contributed by atoms with van der Waals surface area (Å²) in [6, 6.07) is 9.51. The molecule has 1 atom stereocenters. The lowest BCUT2D eigenvalue weighted by atomic mass is 10.1. The molecule has 0 spiro atoms. The van der Waals surface area contributed by atoms with Gasteiger partial charge in [0.15, 0.2) is 0 Å². The number of carbonyl (C=O) groups is 1. The molecule has 1 aromatic carbocycles. The van der Waals surface area contributed by atoms with E-state index in [0.717, 1.165) is 5.69 Å². The van der Waals surface area contributed by atoms with E-state index in [1.165, 1.54) is 0 Å². The zero-order valence-corrected chi connectivity index (χ0v) is 10.3. The molecular formula is C12H16N2OS. The molecule has 1 amide bonds. The Labute approximate surface area is 101 Å². The van der Waals surface area contributed by atoms with E-state index >= 15 is 0 Å². The molecule has 0 heterocycles. The van der Waals surface area contributed by atoms with Crippen LogP contribution in [0.25, 0.3) is 0 Å². The molecule has 0 radical (unpaired) electrons. The van der Waals surface area contributed by atoms with Crippen molar-refractivity contribution in [3.63, 3.8) is 0 Å². The molecule has 1 unspecified atom stereocenters. The van der Waals surface area contributed by atoms with E-state index in [4.69, 9.17) is 18.0 Å². The van der Waals surface area contributed by atoms with Gasteiger partial charge in [0.25, 0.3) is 0 Å². The van der Waals surface area contributed by atoms with Crippen molar-refractivity contribution in [1.82, 2.24) is 0 Å². The predicted octanol–water partition coefficient (Wildman–Crippen LogP) is 1.96. The minimum absolute atomic E-state index is 0.0269. The summed E-state index contributed by atoms with van der Waals surface area (Å²) in [5.74, 6) is -0.151. The summed E-state index contributed by atoms with van der Waals surface area (Å²) >= 11 is 4.80. The Bertz CT molecular complexity index is 378. The van der Waals surface area contributed by atoms with Gasteiger partial charge in [-0.15, -0.1) is 0 Å². The highest BCUT2D eigenvalue weighted by Gasteiger charge is 2.18. The topological polar surface area (TPSA) is 46.3 Å². The van der Waals surface area contributed by atoms with Gasteiger partial charge in [0.05, 0.1) is 4.99 Å². The lowest BCUT2D eigenvalue weighted by Crippen LogP contribution is -2.33. The fourth-order valence-electron chi connectivity index (χ4n) is 1.50. The first-order chi connectivity index (χ1) is 7.52. The van der Waals surface area contributed by atoms with Crippen molar-refractivity contribution in [2.24, 2.45) is 11.7 Å². The highest BCUT2D eigenvalue weighted by Crippen LogP contribution is 2.15. The predicted molar refractivity (Wildman–Crippen MR) is 70.4 cm³/mol. The first-order valence-corrected chi connectivity index (χ1v) is 5.54. The molecular weight excluding hydrogens is 220 g/mol. The molecule has 0 saturated heterocycles. The monoisotopic (exact) mass is 236 g/mol. The summed E-state index contributed by atoms with van der Waals surface area (Å²) in [4.78, 5) is 14.0. The van der Waals surface area contributed by atoms with Crippen LogP contribution in [-0.2, 0) is 4.79 Å². The average molecular weight is 236 g/mol. The number of carbonyl (C=O) groups excluding carboxylic acids is 1. The molecule has 3 nitrogen and oxygen atoms in total. The fourth-order valence-corrected chi connectivity index (χ4v) is 1.75. The number of hydrogen-bond donors (Lipinski definition) is 1. The summed E-state index contributed by atoms with van der Waals surface area (Å²) in [6.45, 7) is 1.83. The van der Waals surface area contributed by atoms with E-state index < -0.39 is 0 Å². The van der Waals surface area contributed by atoms with Crippen molar-refractivity contribution >= 4 is 28.8 Å². The zero-order valence-electron chi connectivity index (χ0n) is 9.51. The highest BCUT2D eigenvalue weighted by molar-refractivity contribution is 7.80. The second-order valence-electron chi connectivity index (χ2n) is 3.80. The second kappa shape index (κ2) is 5.61. The van der Waals surface area contributed by atoms with Crippen molar-refractivity contribution in [1.29, 1.82) is 0 Å². The smallest absolute Gasteiger partial charge is 0.229 e. The SMILES string of the molecule is CC(CC(N)=S)C(=O)N(C)c1ccccc1. The Balaban J connectivity index is 2.71. The van der Waals surface area contributed by atoms with Crippen LogP contribution >= 0.6 is 12.2 Å². The Morgan fingerprint density at radius 2 is 2.00 bits per heavy atom. The molecule has 0 aliphatic heterocycles. The fraction of sp³-hybridized carbons (Fsp3) is 0.333. The molecule has 0 aliphatic carbocycles. The summed E-state index contributed by atoms with van der Waals surface area (Å²) in [6.07, 6.45) is 0.450. The van der Waals surface area contributed by atoms with Crippen LogP contribution in [0.15, 0.2) is 30.3 Å². The first kappa shape index (κ1) is 12.6. The van der Waals surface area contributed by atoms with Gasteiger partial charge < -0.3 is 10.6 Å². The Morgan fingerprint density at radius 3 is 2.50 bits per heavy atom. The quantitative estimate of drug-likeness (QED) is 0.813. The number of nitrogens with zero attached hydrogens (tertiary/aromatic N) is 1. The van der Waals surface area contributed by atoms with E-state index in [2.05, 4.69) is 0 Å². The van der Waals surface area contributed by atoms with Crippen LogP contribution in [0.2, 0.25) is 0 Å². The number of rotatable bonds is 4. The summed E-state index contributed by atoms with van der Waals surface area (Å²) in [5, 5.41) is 0. The molecule has 1 aromatic rings. The van der Waals surface area contributed by atoms with Crippen LogP contribution < -0.4 is 10.6 Å². The van der Waals surface area contributed by atoms with Crippen LogP contribution in [0, 0.1) is 5.92 Å². The van der Waals surface area contributed by atoms with Crippen LogP contribution in [0.5, 0.6) is 0 Å². The zero-order chi connectivity index (χ0) is 12.1. The van der Waals surface area contributed by atoms with E-state index in [1.807, 2.05) is 37.3 Å². The maximum absolute atomic E-state index is 12.0. The number of amides is 1. The maximum atomic E-state index is 12.0. The third-order valence-corrected chi connectivity index (χ3v) is 2.57. The number of hydrogen-bond acceptors (Lipinski definition) is 2. The second-order valence-corrected chi connectivity index (χ2v) is 4.33. The number of thiocarbonyl (C=S) groups is 1. The largest absolute Gasteiger partial charge is 0.393 e. The molecule has 0 aromatic heterocycles. The number of para-hydroxylation sites is 1. The number of benzene rings is 1. The van der Waals surface area contributed by atoms with E-state index in [9.17, 15) is 4.79 Å². The van der Waals surface area contributed by atoms with Crippen LogP contribution in [0.3, 0.4) is 0 Å². The van der Waals surface area contributed by atoms with Gasteiger partial charge in [-0.1, -0.05) is 37.3 Å². The Kier molecular flexibility index (Phi) is 4.43. The van der Waals surface area contributed by atoms with Gasteiger partial charge in [0.1, 0.15) is 0 Å². The first-order valence-electron chi connectivity index (χ1n) is 5.13. The standard InChI is InChI=1S/C12H16N2OS/c1-9(8-11(13)16)12(15)14(2)10-6-4-3-5-7-10/h3-7,9H,8H2,1-2H3,(H2,13,16). The number of anilines is 1. The van der Waals surface area contributed by atoms with Crippen molar-refractivity contribution in [3.8, 4) is 0 Å². The minimum atomic E-state index is -0.178. The summed E-state index contributed by atoms with van der Waals surface area (Å²) in [7, 11) is 1.76. The lowest BCUT2D eigenvalue weighted by molar-refractivity contribution is -0.121. The normalized spacial score (nSPS) is 11.9. The molecule has 0 fully saturated rings. The molecule has 0 aliphatic rings. The van der Waals surface area contributed by atoms with Crippen LogP contribution in [-0.4, -0.2) is 17.9 Å². The van der Waals surface area contributed by atoms with Gasteiger partial charge in [0.2, 0.25) is 5.91 Å². The van der Waals surface area contributed by atoms with Crippen LogP contribution in [0.4, 0.5) is 5.69 Å².